The minimum Gasteiger partial charge on any atom is -0.305 e. The topological polar surface area (TPSA) is 80.4 Å². The van der Waals surface area contributed by atoms with Crippen molar-refractivity contribution in [1.29, 1.82) is 0 Å². The molecule has 5 aromatic rings. The third-order valence-electron chi connectivity index (χ3n) is 6.30. The van der Waals surface area contributed by atoms with E-state index in [4.69, 9.17) is 0 Å². The highest BCUT2D eigenvalue weighted by Crippen LogP contribution is 2.30. The molecule has 5 rings (SSSR count). The van der Waals surface area contributed by atoms with Crippen LogP contribution in [-0.4, -0.2) is 48.3 Å². The van der Waals surface area contributed by atoms with E-state index in [-0.39, 0.29) is 11.7 Å². The molecule has 37 heavy (non-hydrogen) atoms. The fraction of sp³-hybridized carbons (Fsp3) is 0.214. The van der Waals surface area contributed by atoms with Gasteiger partial charge in [-0.25, -0.2) is 13.9 Å². The number of benzene rings is 2. The molecule has 0 saturated carbocycles. The van der Waals surface area contributed by atoms with Crippen molar-refractivity contribution in [2.75, 3.05) is 18.4 Å². The Morgan fingerprint density at radius 2 is 1.68 bits per heavy atom. The largest absolute Gasteiger partial charge is 0.305 e. The second kappa shape index (κ2) is 10.3. The average Bonchev–Trinajstić information content (AvgIpc) is 3.50. The van der Waals surface area contributed by atoms with Gasteiger partial charge in [-0.3, -0.25) is 14.4 Å². The number of amides is 1. The molecule has 0 aliphatic carbocycles. The lowest BCUT2D eigenvalue weighted by Gasteiger charge is -2.17. The summed E-state index contributed by atoms with van der Waals surface area (Å²) in [7, 11) is 1.83. The number of anilines is 1. The SMILES string of the molecule is CCN(CC)Cc1ccc(C(=O)Nc2cn3nc(-c4cn(C)nc4-c4ccc(F)cc4)ccc3n2)cc1. The molecule has 188 valence electrons. The first-order chi connectivity index (χ1) is 17.9. The molecule has 0 atom stereocenters. The van der Waals surface area contributed by atoms with Crippen LogP contribution in [0.25, 0.3) is 28.2 Å². The van der Waals surface area contributed by atoms with E-state index in [1.807, 2.05) is 49.6 Å². The van der Waals surface area contributed by atoms with Crippen molar-refractivity contribution in [3.63, 3.8) is 0 Å². The monoisotopic (exact) mass is 497 g/mol. The fourth-order valence-electron chi connectivity index (χ4n) is 4.24. The van der Waals surface area contributed by atoms with E-state index in [1.165, 1.54) is 17.7 Å². The molecule has 0 radical (unpaired) electrons. The first-order valence-corrected chi connectivity index (χ1v) is 12.2. The van der Waals surface area contributed by atoms with Crippen molar-refractivity contribution < 1.29 is 9.18 Å². The molecule has 0 bridgehead atoms. The van der Waals surface area contributed by atoms with Crippen molar-refractivity contribution in [2.24, 2.45) is 7.05 Å². The van der Waals surface area contributed by atoms with E-state index in [0.29, 0.717) is 28.4 Å². The van der Waals surface area contributed by atoms with Crippen molar-refractivity contribution in [2.45, 2.75) is 20.4 Å². The minimum absolute atomic E-state index is 0.233. The zero-order valence-corrected chi connectivity index (χ0v) is 21.0. The number of hydrogen-bond acceptors (Lipinski definition) is 5. The molecular formula is C28H28FN7O. The number of nitrogens with zero attached hydrogens (tertiary/aromatic N) is 6. The molecule has 0 unspecified atom stereocenters. The molecule has 2 aromatic carbocycles. The normalized spacial score (nSPS) is 11.4. The van der Waals surface area contributed by atoms with Gasteiger partial charge < -0.3 is 5.32 Å². The molecule has 9 heteroatoms. The van der Waals surface area contributed by atoms with Gasteiger partial charge in [0.25, 0.3) is 5.91 Å². The van der Waals surface area contributed by atoms with Crippen molar-refractivity contribution in [3.8, 4) is 22.5 Å². The number of carbonyl (C=O) groups is 1. The van der Waals surface area contributed by atoms with Crippen molar-refractivity contribution >= 4 is 17.4 Å². The highest BCUT2D eigenvalue weighted by molar-refractivity contribution is 6.03. The molecule has 3 heterocycles. The molecule has 0 spiro atoms. The van der Waals surface area contributed by atoms with Crippen LogP contribution in [0, 0.1) is 5.82 Å². The summed E-state index contributed by atoms with van der Waals surface area (Å²) in [6.45, 7) is 7.10. The Hall–Kier alpha value is -4.37. The van der Waals surface area contributed by atoms with Crippen LogP contribution in [0.5, 0.6) is 0 Å². The second-order valence-corrected chi connectivity index (χ2v) is 8.83. The number of aromatic nitrogens is 5. The summed E-state index contributed by atoms with van der Waals surface area (Å²) < 4.78 is 16.7. The maximum Gasteiger partial charge on any atom is 0.256 e. The Balaban J connectivity index is 1.35. The van der Waals surface area contributed by atoms with E-state index >= 15 is 0 Å². The molecule has 8 nitrogen and oxygen atoms in total. The number of aryl methyl sites for hydroxylation is 1. The van der Waals surface area contributed by atoms with E-state index in [9.17, 15) is 9.18 Å². The molecule has 1 N–H and O–H groups in total. The Bertz CT molecular complexity index is 1530. The van der Waals surface area contributed by atoms with Crippen LogP contribution in [0.2, 0.25) is 0 Å². The number of carbonyl (C=O) groups excluding carboxylic acids is 1. The zero-order valence-electron chi connectivity index (χ0n) is 21.0. The molecule has 0 fully saturated rings. The van der Waals surface area contributed by atoms with Gasteiger partial charge in [0, 0.05) is 36.5 Å². The molecule has 1 amide bonds. The summed E-state index contributed by atoms with van der Waals surface area (Å²) in [6.07, 6.45) is 3.55. The molecule has 3 aromatic heterocycles. The fourth-order valence-corrected chi connectivity index (χ4v) is 4.24. The van der Waals surface area contributed by atoms with Gasteiger partial charge in [-0.1, -0.05) is 26.0 Å². The summed E-state index contributed by atoms with van der Waals surface area (Å²) in [4.78, 5) is 19.6. The zero-order chi connectivity index (χ0) is 25.9. The number of rotatable bonds is 8. The molecule has 0 aliphatic rings. The van der Waals surface area contributed by atoms with Gasteiger partial charge >= 0.3 is 0 Å². The average molecular weight is 498 g/mol. The summed E-state index contributed by atoms with van der Waals surface area (Å²) in [5, 5.41) is 12.1. The predicted octanol–water partition coefficient (Wildman–Crippen LogP) is 5.03. The maximum atomic E-state index is 13.4. The molecule has 0 saturated heterocycles. The third-order valence-corrected chi connectivity index (χ3v) is 6.30. The van der Waals surface area contributed by atoms with Gasteiger partial charge in [-0.05, 0) is 67.2 Å². The lowest BCUT2D eigenvalue weighted by atomic mass is 10.1. The number of nitrogens with one attached hydrogen (secondary N) is 1. The first-order valence-electron chi connectivity index (χ1n) is 12.2. The summed E-state index contributed by atoms with van der Waals surface area (Å²) in [5.41, 5.74) is 5.31. The molecular weight excluding hydrogens is 469 g/mol. The highest BCUT2D eigenvalue weighted by Gasteiger charge is 2.16. The van der Waals surface area contributed by atoms with Gasteiger partial charge in [0.05, 0.1) is 11.9 Å². The second-order valence-electron chi connectivity index (χ2n) is 8.83. The minimum atomic E-state index is -0.302. The van der Waals surface area contributed by atoms with Gasteiger partial charge in [-0.2, -0.15) is 10.2 Å². The van der Waals surface area contributed by atoms with Crippen LogP contribution in [0.1, 0.15) is 29.8 Å². The van der Waals surface area contributed by atoms with E-state index < -0.39 is 0 Å². The Labute approximate surface area is 214 Å². The van der Waals surface area contributed by atoms with Crippen LogP contribution in [0.4, 0.5) is 10.2 Å². The number of hydrogen-bond donors (Lipinski definition) is 1. The van der Waals surface area contributed by atoms with Crippen molar-refractivity contribution in [1.82, 2.24) is 29.3 Å². The van der Waals surface area contributed by atoms with Gasteiger partial charge in [-0.15, -0.1) is 0 Å². The van der Waals surface area contributed by atoms with E-state index in [2.05, 4.69) is 39.2 Å². The third kappa shape index (κ3) is 5.26. The maximum absolute atomic E-state index is 13.4. The quantitative estimate of drug-likeness (QED) is 0.325. The van der Waals surface area contributed by atoms with E-state index in [0.717, 1.165) is 30.8 Å². The first kappa shape index (κ1) is 24.3. The summed E-state index contributed by atoms with van der Waals surface area (Å²) >= 11 is 0. The summed E-state index contributed by atoms with van der Waals surface area (Å²) in [5.74, 6) is -0.125. The standard InChI is InChI=1S/C28H28FN7O/c1-4-35(5-2)16-19-6-8-21(9-7-19)28(37)31-25-18-36-26(30-25)15-14-24(32-36)23-17-34(3)33-27(23)20-10-12-22(29)13-11-20/h6-15,17-18H,4-5,16H2,1-3H3,(H,31,37). The van der Waals surface area contributed by atoms with Crippen LogP contribution in [0.3, 0.4) is 0 Å². The number of fused-ring (bicyclic) bond motifs is 1. The van der Waals surface area contributed by atoms with Crippen LogP contribution in [0.15, 0.2) is 73.1 Å². The Kier molecular flexibility index (Phi) is 6.78. The van der Waals surface area contributed by atoms with Gasteiger partial charge in [0.15, 0.2) is 11.5 Å². The van der Waals surface area contributed by atoms with Crippen LogP contribution < -0.4 is 5.32 Å². The highest BCUT2D eigenvalue weighted by atomic mass is 19.1. The Morgan fingerprint density at radius 1 is 0.946 bits per heavy atom. The Morgan fingerprint density at radius 3 is 2.38 bits per heavy atom. The van der Waals surface area contributed by atoms with Crippen molar-refractivity contribution in [3.05, 3.63) is 90.0 Å². The lowest BCUT2D eigenvalue weighted by Crippen LogP contribution is -2.22. The smallest absolute Gasteiger partial charge is 0.256 e. The summed E-state index contributed by atoms with van der Waals surface area (Å²) in [6, 6.07) is 17.5. The van der Waals surface area contributed by atoms with Gasteiger partial charge in [0.1, 0.15) is 11.5 Å². The number of imidazole rings is 1. The van der Waals surface area contributed by atoms with Crippen LogP contribution >= 0.6 is 0 Å². The number of halogens is 1. The van der Waals surface area contributed by atoms with E-state index in [1.54, 1.807) is 27.5 Å². The predicted molar refractivity (Wildman–Crippen MR) is 142 cm³/mol. The molecule has 0 aliphatic heterocycles. The van der Waals surface area contributed by atoms with Gasteiger partial charge in [0.2, 0.25) is 0 Å². The lowest BCUT2D eigenvalue weighted by molar-refractivity contribution is 0.102. The van der Waals surface area contributed by atoms with Crippen LogP contribution in [-0.2, 0) is 13.6 Å².